The third kappa shape index (κ3) is 3.86. The second-order valence-electron chi connectivity index (χ2n) is 5.15. The van der Waals surface area contributed by atoms with Crippen molar-refractivity contribution < 1.29 is 13.2 Å². The molecule has 1 atom stereocenters. The Morgan fingerprint density at radius 3 is 2.80 bits per heavy atom. The van der Waals surface area contributed by atoms with Crippen LogP contribution in [-0.4, -0.2) is 53.2 Å². The molecule has 0 radical (unpaired) electrons. The van der Waals surface area contributed by atoms with Crippen molar-refractivity contribution in [3.8, 4) is 5.75 Å². The topological polar surface area (TPSA) is 58.6 Å². The van der Waals surface area contributed by atoms with Crippen LogP contribution in [0.2, 0.25) is 0 Å². The molecule has 5 nitrogen and oxygen atoms in total. The molecule has 1 unspecified atom stereocenters. The summed E-state index contributed by atoms with van der Waals surface area (Å²) < 4.78 is 28.1. The van der Waals surface area contributed by atoms with Crippen LogP contribution in [0.4, 0.5) is 5.69 Å². The first-order chi connectivity index (χ1) is 9.52. The molecule has 0 saturated carbocycles. The Bertz CT molecular complexity index is 545. The lowest BCUT2D eigenvalue weighted by Crippen LogP contribution is -2.36. The number of benzene rings is 1. The van der Waals surface area contributed by atoms with E-state index in [1.165, 1.54) is 0 Å². The number of sulfone groups is 1. The Morgan fingerprint density at radius 1 is 1.40 bits per heavy atom. The minimum atomic E-state index is -2.81. The van der Waals surface area contributed by atoms with E-state index in [1.54, 1.807) is 7.11 Å². The molecule has 0 aromatic heterocycles. The summed E-state index contributed by atoms with van der Waals surface area (Å²) in [6.07, 6.45) is 0.723. The van der Waals surface area contributed by atoms with E-state index in [0.717, 1.165) is 30.9 Å². The van der Waals surface area contributed by atoms with Crippen molar-refractivity contribution in [2.45, 2.75) is 12.5 Å². The summed E-state index contributed by atoms with van der Waals surface area (Å²) in [5, 5.41) is 3.31. The first-order valence-corrected chi connectivity index (χ1v) is 8.62. The average molecular weight is 298 g/mol. The van der Waals surface area contributed by atoms with Gasteiger partial charge in [0, 0.05) is 26.2 Å². The summed E-state index contributed by atoms with van der Waals surface area (Å²) in [5.41, 5.74) is 1.04. The summed E-state index contributed by atoms with van der Waals surface area (Å²) in [5.74, 6) is 1.43. The molecule has 1 N–H and O–H groups in total. The molecule has 0 aliphatic carbocycles. The summed E-state index contributed by atoms with van der Waals surface area (Å²) in [4.78, 5) is 2.11. The quantitative estimate of drug-likeness (QED) is 0.846. The van der Waals surface area contributed by atoms with E-state index in [9.17, 15) is 8.42 Å². The number of nitrogens with zero attached hydrogens (tertiary/aromatic N) is 1. The number of ether oxygens (including phenoxy) is 1. The van der Waals surface area contributed by atoms with Crippen LogP contribution >= 0.6 is 0 Å². The average Bonchev–Trinajstić information content (AvgIpc) is 2.78. The zero-order chi connectivity index (χ0) is 14.6. The van der Waals surface area contributed by atoms with E-state index in [0.29, 0.717) is 5.75 Å². The van der Waals surface area contributed by atoms with Crippen LogP contribution in [-0.2, 0) is 9.84 Å². The second-order valence-corrected chi connectivity index (χ2v) is 7.38. The van der Waals surface area contributed by atoms with Gasteiger partial charge in [-0.15, -0.1) is 0 Å². The van der Waals surface area contributed by atoms with Gasteiger partial charge in [-0.2, -0.15) is 0 Å². The van der Waals surface area contributed by atoms with Gasteiger partial charge in [0.15, 0.2) is 9.84 Å². The number of nitrogens with one attached hydrogen (secondary N) is 1. The minimum Gasteiger partial charge on any atom is -0.495 e. The molecule has 0 amide bonds. The molecular weight excluding hydrogens is 276 g/mol. The van der Waals surface area contributed by atoms with Crippen LogP contribution in [0.15, 0.2) is 24.3 Å². The normalized spacial score (nSPS) is 20.8. The standard InChI is InChI=1S/C14H22N2O3S/c1-16(13-5-3-4-6-14(13)19-2)9-8-15-12-7-10-20(17,18)11-12/h3-6,12,15H,7-11H2,1-2H3. The zero-order valence-corrected chi connectivity index (χ0v) is 12.8. The first kappa shape index (κ1) is 15.1. The highest BCUT2D eigenvalue weighted by Crippen LogP contribution is 2.26. The monoisotopic (exact) mass is 298 g/mol. The highest BCUT2D eigenvalue weighted by atomic mass is 32.2. The molecule has 1 saturated heterocycles. The van der Waals surface area contributed by atoms with Crippen molar-refractivity contribution in [1.29, 1.82) is 0 Å². The number of rotatable bonds is 6. The molecular formula is C14H22N2O3S. The molecule has 1 fully saturated rings. The number of anilines is 1. The maximum Gasteiger partial charge on any atom is 0.151 e. The van der Waals surface area contributed by atoms with Gasteiger partial charge in [-0.05, 0) is 18.6 Å². The molecule has 1 aromatic rings. The SMILES string of the molecule is COc1ccccc1N(C)CCNC1CCS(=O)(=O)C1. The smallest absolute Gasteiger partial charge is 0.151 e. The fraction of sp³-hybridized carbons (Fsp3) is 0.571. The molecule has 1 aliphatic heterocycles. The van der Waals surface area contributed by atoms with E-state index in [4.69, 9.17) is 4.74 Å². The van der Waals surface area contributed by atoms with Gasteiger partial charge in [0.25, 0.3) is 0 Å². The number of likely N-dealkylation sites (N-methyl/N-ethyl adjacent to an activating group) is 1. The van der Waals surface area contributed by atoms with E-state index in [-0.39, 0.29) is 11.8 Å². The van der Waals surface area contributed by atoms with Crippen LogP contribution in [0.25, 0.3) is 0 Å². The highest BCUT2D eigenvalue weighted by molar-refractivity contribution is 7.91. The summed E-state index contributed by atoms with van der Waals surface area (Å²) in [7, 11) is 0.861. The minimum absolute atomic E-state index is 0.103. The van der Waals surface area contributed by atoms with Crippen LogP contribution < -0.4 is 15.0 Å². The molecule has 2 rings (SSSR count). The third-order valence-corrected chi connectivity index (χ3v) is 5.38. The van der Waals surface area contributed by atoms with Gasteiger partial charge in [0.05, 0.1) is 24.3 Å². The summed E-state index contributed by atoms with van der Waals surface area (Å²) in [6.45, 7) is 1.56. The number of methoxy groups -OCH3 is 1. The van der Waals surface area contributed by atoms with Crippen LogP contribution in [0.1, 0.15) is 6.42 Å². The van der Waals surface area contributed by atoms with Crippen molar-refractivity contribution in [3.63, 3.8) is 0 Å². The van der Waals surface area contributed by atoms with E-state index in [1.807, 2.05) is 31.3 Å². The predicted molar refractivity (Wildman–Crippen MR) is 81.3 cm³/mol. The number of hydrogen-bond acceptors (Lipinski definition) is 5. The van der Waals surface area contributed by atoms with Crippen LogP contribution in [0.3, 0.4) is 0 Å². The van der Waals surface area contributed by atoms with Crippen molar-refractivity contribution in [2.24, 2.45) is 0 Å². The van der Waals surface area contributed by atoms with Gasteiger partial charge in [0.2, 0.25) is 0 Å². The Balaban J connectivity index is 1.82. The molecule has 6 heteroatoms. The predicted octanol–water partition coefficient (Wildman–Crippen LogP) is 0.908. The Kier molecular flexibility index (Phi) is 4.88. The third-order valence-electron chi connectivity index (χ3n) is 3.61. The van der Waals surface area contributed by atoms with Crippen LogP contribution in [0, 0.1) is 0 Å². The van der Waals surface area contributed by atoms with E-state index < -0.39 is 9.84 Å². The Morgan fingerprint density at radius 2 is 2.15 bits per heavy atom. The Hall–Kier alpha value is -1.27. The van der Waals surface area contributed by atoms with Gasteiger partial charge in [-0.25, -0.2) is 8.42 Å². The summed E-state index contributed by atoms with van der Waals surface area (Å²) in [6, 6.07) is 7.97. The first-order valence-electron chi connectivity index (χ1n) is 6.80. The fourth-order valence-electron chi connectivity index (χ4n) is 2.46. The maximum atomic E-state index is 11.4. The van der Waals surface area contributed by atoms with Crippen molar-refractivity contribution >= 4 is 15.5 Å². The van der Waals surface area contributed by atoms with Gasteiger partial charge >= 0.3 is 0 Å². The van der Waals surface area contributed by atoms with Gasteiger partial charge in [-0.1, -0.05) is 12.1 Å². The Labute approximate surface area is 120 Å². The molecule has 1 aliphatic rings. The molecule has 20 heavy (non-hydrogen) atoms. The summed E-state index contributed by atoms with van der Waals surface area (Å²) >= 11 is 0. The molecule has 0 spiro atoms. The fourth-order valence-corrected chi connectivity index (χ4v) is 4.17. The van der Waals surface area contributed by atoms with Gasteiger partial charge < -0.3 is 15.0 Å². The maximum absolute atomic E-state index is 11.4. The lowest BCUT2D eigenvalue weighted by Gasteiger charge is -2.22. The van der Waals surface area contributed by atoms with Crippen molar-refractivity contribution in [2.75, 3.05) is 43.7 Å². The van der Waals surface area contributed by atoms with Crippen molar-refractivity contribution in [1.82, 2.24) is 5.32 Å². The van der Waals surface area contributed by atoms with Gasteiger partial charge in [0.1, 0.15) is 5.75 Å². The lowest BCUT2D eigenvalue weighted by molar-refractivity contribution is 0.414. The van der Waals surface area contributed by atoms with Crippen molar-refractivity contribution in [3.05, 3.63) is 24.3 Å². The molecule has 1 heterocycles. The molecule has 0 bridgehead atoms. The lowest BCUT2D eigenvalue weighted by atomic mass is 10.2. The largest absolute Gasteiger partial charge is 0.495 e. The van der Waals surface area contributed by atoms with E-state index in [2.05, 4.69) is 10.2 Å². The van der Waals surface area contributed by atoms with Gasteiger partial charge in [-0.3, -0.25) is 0 Å². The van der Waals surface area contributed by atoms with E-state index >= 15 is 0 Å². The molecule has 112 valence electrons. The second kappa shape index (κ2) is 6.45. The van der Waals surface area contributed by atoms with Crippen LogP contribution in [0.5, 0.6) is 5.75 Å². The zero-order valence-electron chi connectivity index (χ0n) is 12.0. The number of para-hydroxylation sites is 2. The highest BCUT2D eigenvalue weighted by Gasteiger charge is 2.27. The number of hydrogen-bond donors (Lipinski definition) is 1. The molecule has 1 aromatic carbocycles.